The Labute approximate surface area is 181 Å². The molecule has 0 spiro atoms. The number of pyridine rings is 1. The summed E-state index contributed by atoms with van der Waals surface area (Å²) in [5, 5.41) is 4.74. The van der Waals surface area contributed by atoms with Gasteiger partial charge in [0.05, 0.1) is 34.8 Å². The van der Waals surface area contributed by atoms with Crippen LogP contribution in [0.1, 0.15) is 15.4 Å². The molecule has 0 bridgehead atoms. The zero-order valence-corrected chi connectivity index (χ0v) is 17.9. The van der Waals surface area contributed by atoms with E-state index in [1.54, 1.807) is 17.5 Å². The van der Waals surface area contributed by atoms with Crippen LogP contribution >= 0.6 is 22.7 Å². The summed E-state index contributed by atoms with van der Waals surface area (Å²) in [5.41, 5.74) is 3.15. The van der Waals surface area contributed by atoms with Gasteiger partial charge in [-0.3, -0.25) is 9.78 Å². The number of nitrogens with zero attached hydrogens (tertiary/aromatic N) is 4. The van der Waals surface area contributed by atoms with Gasteiger partial charge in [-0.2, -0.15) is 0 Å². The summed E-state index contributed by atoms with van der Waals surface area (Å²) in [6.45, 7) is 5.01. The molecule has 7 nitrogen and oxygen atoms in total. The van der Waals surface area contributed by atoms with Crippen LogP contribution in [-0.4, -0.2) is 47.2 Å². The van der Waals surface area contributed by atoms with Crippen molar-refractivity contribution in [3.63, 3.8) is 0 Å². The van der Waals surface area contributed by atoms with Crippen molar-refractivity contribution in [2.24, 2.45) is 0 Å². The van der Waals surface area contributed by atoms with Gasteiger partial charge in [0, 0.05) is 25.0 Å². The minimum absolute atomic E-state index is 0.163. The number of rotatable bonds is 4. The summed E-state index contributed by atoms with van der Waals surface area (Å²) >= 11 is 2.99. The molecule has 0 radical (unpaired) electrons. The third-order valence-electron chi connectivity index (χ3n) is 4.80. The summed E-state index contributed by atoms with van der Waals surface area (Å²) in [5.74, 6) is -0.163. The molecule has 5 rings (SSSR count). The predicted molar refractivity (Wildman–Crippen MR) is 121 cm³/mol. The number of morpholine rings is 1. The molecule has 1 aromatic carbocycles. The standard InChI is InChI=1S/C21H19N5O2S2/c1-13-18(30-20(23-13)16-4-2-3-7-22-16)19(27)24-14-5-6-15-17(12-14)29-21(25-15)26-8-10-28-11-9-26/h2-7,12H,8-11H2,1H3,(H,24,27). The van der Waals surface area contributed by atoms with Crippen LogP contribution in [0.4, 0.5) is 10.8 Å². The molecule has 152 valence electrons. The third-order valence-corrected chi connectivity index (χ3v) is 7.06. The molecule has 1 aliphatic heterocycles. The Morgan fingerprint density at radius 1 is 1.13 bits per heavy atom. The second-order valence-electron chi connectivity index (χ2n) is 6.88. The summed E-state index contributed by atoms with van der Waals surface area (Å²) < 4.78 is 6.47. The van der Waals surface area contributed by atoms with E-state index in [9.17, 15) is 4.79 Å². The predicted octanol–water partition coefficient (Wildman–Crippen LogP) is 4.21. The largest absolute Gasteiger partial charge is 0.378 e. The van der Waals surface area contributed by atoms with E-state index < -0.39 is 0 Å². The van der Waals surface area contributed by atoms with Crippen LogP contribution in [0, 0.1) is 6.92 Å². The van der Waals surface area contributed by atoms with Crippen molar-refractivity contribution in [3.05, 3.63) is 53.2 Å². The van der Waals surface area contributed by atoms with E-state index in [0.717, 1.165) is 58.0 Å². The smallest absolute Gasteiger partial charge is 0.267 e. The molecule has 9 heteroatoms. The van der Waals surface area contributed by atoms with Crippen molar-refractivity contribution < 1.29 is 9.53 Å². The number of aromatic nitrogens is 3. The van der Waals surface area contributed by atoms with Gasteiger partial charge in [0.1, 0.15) is 9.88 Å². The first-order chi connectivity index (χ1) is 14.7. The Balaban J connectivity index is 1.36. The van der Waals surface area contributed by atoms with Crippen LogP contribution in [0.3, 0.4) is 0 Å². The summed E-state index contributed by atoms with van der Waals surface area (Å²) in [6, 6.07) is 11.5. The molecule has 1 N–H and O–H groups in total. The minimum Gasteiger partial charge on any atom is -0.378 e. The monoisotopic (exact) mass is 437 g/mol. The lowest BCUT2D eigenvalue weighted by molar-refractivity contribution is 0.103. The maximum atomic E-state index is 12.9. The molecule has 4 heterocycles. The summed E-state index contributed by atoms with van der Waals surface area (Å²) in [4.78, 5) is 29.3. The van der Waals surface area contributed by atoms with Crippen LogP contribution in [-0.2, 0) is 4.74 Å². The van der Waals surface area contributed by atoms with Crippen LogP contribution < -0.4 is 10.2 Å². The highest BCUT2D eigenvalue weighted by Gasteiger charge is 2.18. The van der Waals surface area contributed by atoms with Crippen molar-refractivity contribution >= 4 is 49.6 Å². The van der Waals surface area contributed by atoms with Gasteiger partial charge in [-0.05, 0) is 37.3 Å². The fourth-order valence-electron chi connectivity index (χ4n) is 3.27. The molecule has 1 saturated heterocycles. The molecule has 30 heavy (non-hydrogen) atoms. The molecule has 4 aromatic rings. The van der Waals surface area contributed by atoms with E-state index in [0.29, 0.717) is 10.6 Å². The van der Waals surface area contributed by atoms with Crippen molar-refractivity contribution in [1.29, 1.82) is 0 Å². The molecule has 1 fully saturated rings. The highest BCUT2D eigenvalue weighted by atomic mass is 32.1. The molecule has 0 atom stereocenters. The lowest BCUT2D eigenvalue weighted by Gasteiger charge is -2.25. The Hall–Kier alpha value is -2.88. The van der Waals surface area contributed by atoms with Gasteiger partial charge in [-0.15, -0.1) is 11.3 Å². The highest BCUT2D eigenvalue weighted by Crippen LogP contribution is 2.32. The number of hydrogen-bond donors (Lipinski definition) is 1. The van der Waals surface area contributed by atoms with E-state index in [2.05, 4.69) is 20.2 Å². The normalized spacial score (nSPS) is 14.2. The van der Waals surface area contributed by atoms with E-state index in [1.807, 2.05) is 43.3 Å². The number of nitrogens with one attached hydrogen (secondary N) is 1. The first-order valence-corrected chi connectivity index (χ1v) is 11.2. The molecule has 1 aliphatic rings. The second-order valence-corrected chi connectivity index (χ2v) is 8.89. The van der Waals surface area contributed by atoms with Gasteiger partial charge in [0.15, 0.2) is 5.13 Å². The van der Waals surface area contributed by atoms with Crippen LogP contribution in [0.25, 0.3) is 20.9 Å². The summed E-state index contributed by atoms with van der Waals surface area (Å²) in [6.07, 6.45) is 1.72. The average Bonchev–Trinajstić information content (AvgIpc) is 3.38. The summed E-state index contributed by atoms with van der Waals surface area (Å²) in [7, 11) is 0. The van der Waals surface area contributed by atoms with E-state index in [4.69, 9.17) is 9.72 Å². The number of benzene rings is 1. The zero-order valence-electron chi connectivity index (χ0n) is 16.3. The van der Waals surface area contributed by atoms with Gasteiger partial charge in [-0.25, -0.2) is 9.97 Å². The van der Waals surface area contributed by atoms with Gasteiger partial charge >= 0.3 is 0 Å². The highest BCUT2D eigenvalue weighted by molar-refractivity contribution is 7.22. The number of ether oxygens (including phenoxy) is 1. The Bertz CT molecular complexity index is 1200. The first-order valence-electron chi connectivity index (χ1n) is 9.61. The van der Waals surface area contributed by atoms with Crippen LogP contribution in [0.15, 0.2) is 42.6 Å². The average molecular weight is 438 g/mol. The Morgan fingerprint density at radius 2 is 2.00 bits per heavy atom. The Kier molecular flexibility index (Phi) is 5.16. The minimum atomic E-state index is -0.163. The van der Waals surface area contributed by atoms with Gasteiger partial charge in [-0.1, -0.05) is 17.4 Å². The maximum Gasteiger partial charge on any atom is 0.267 e. The van der Waals surface area contributed by atoms with Crippen LogP contribution in [0.5, 0.6) is 0 Å². The molecular formula is C21H19N5O2S2. The van der Waals surface area contributed by atoms with Crippen molar-refractivity contribution in [2.45, 2.75) is 6.92 Å². The number of aryl methyl sites for hydroxylation is 1. The van der Waals surface area contributed by atoms with Gasteiger partial charge in [0.2, 0.25) is 0 Å². The lowest BCUT2D eigenvalue weighted by atomic mass is 10.3. The number of anilines is 2. The van der Waals surface area contributed by atoms with E-state index in [1.165, 1.54) is 11.3 Å². The van der Waals surface area contributed by atoms with Gasteiger partial charge in [0.25, 0.3) is 5.91 Å². The van der Waals surface area contributed by atoms with Crippen molar-refractivity contribution in [3.8, 4) is 10.7 Å². The Morgan fingerprint density at radius 3 is 2.80 bits per heavy atom. The topological polar surface area (TPSA) is 80.2 Å². The van der Waals surface area contributed by atoms with Crippen LogP contribution in [0.2, 0.25) is 0 Å². The number of carbonyl (C=O) groups is 1. The van der Waals surface area contributed by atoms with Crippen molar-refractivity contribution in [1.82, 2.24) is 15.0 Å². The number of amides is 1. The lowest BCUT2D eigenvalue weighted by Crippen LogP contribution is -2.36. The second kappa shape index (κ2) is 8.10. The third kappa shape index (κ3) is 3.79. The zero-order chi connectivity index (χ0) is 20.5. The fraction of sp³-hybridized carbons (Fsp3) is 0.238. The van der Waals surface area contributed by atoms with Gasteiger partial charge < -0.3 is 15.0 Å². The van der Waals surface area contributed by atoms with Crippen molar-refractivity contribution in [2.75, 3.05) is 36.5 Å². The number of fused-ring (bicyclic) bond motifs is 1. The molecular weight excluding hydrogens is 418 g/mol. The first kappa shape index (κ1) is 19.1. The quantitative estimate of drug-likeness (QED) is 0.515. The maximum absolute atomic E-state index is 12.9. The van der Waals surface area contributed by atoms with E-state index in [-0.39, 0.29) is 5.91 Å². The molecule has 0 aliphatic carbocycles. The molecule has 3 aromatic heterocycles. The number of carbonyl (C=O) groups excluding carboxylic acids is 1. The fourth-order valence-corrected chi connectivity index (χ4v) is 5.27. The molecule has 0 unspecified atom stereocenters. The molecule has 0 saturated carbocycles. The molecule has 1 amide bonds. The number of hydrogen-bond acceptors (Lipinski definition) is 8. The number of thiazole rings is 2. The SMILES string of the molecule is Cc1nc(-c2ccccn2)sc1C(=O)Nc1ccc2nc(N3CCOCC3)sc2c1. The van der Waals surface area contributed by atoms with E-state index >= 15 is 0 Å².